The van der Waals surface area contributed by atoms with Crippen molar-refractivity contribution in [1.29, 1.82) is 0 Å². The van der Waals surface area contributed by atoms with Gasteiger partial charge in [0.1, 0.15) is 19.3 Å². The van der Waals surface area contributed by atoms with Gasteiger partial charge in [-0.25, -0.2) is 9.59 Å². The molecular formula is C28H34N4O7. The largest absolute Gasteiger partial charge is 0.445 e. The van der Waals surface area contributed by atoms with Crippen molar-refractivity contribution in [3.63, 3.8) is 0 Å². The van der Waals surface area contributed by atoms with Crippen molar-refractivity contribution in [2.45, 2.75) is 32.0 Å². The number of benzene rings is 2. The number of ether oxygens (including phenoxy) is 3. The van der Waals surface area contributed by atoms with E-state index in [1.54, 1.807) is 36.2 Å². The molecule has 208 valence electrons. The van der Waals surface area contributed by atoms with Gasteiger partial charge in [0.2, 0.25) is 5.91 Å². The molecule has 2 fully saturated rings. The average molecular weight is 539 g/mol. The zero-order valence-corrected chi connectivity index (χ0v) is 22.0. The first-order chi connectivity index (χ1) is 18.9. The summed E-state index contributed by atoms with van der Waals surface area (Å²) in [6, 6.07) is 16.6. The van der Waals surface area contributed by atoms with Crippen LogP contribution in [0.15, 0.2) is 54.6 Å². The quantitative estimate of drug-likeness (QED) is 0.437. The molecule has 0 bridgehead atoms. The van der Waals surface area contributed by atoms with Crippen LogP contribution in [0, 0.1) is 0 Å². The Labute approximate surface area is 227 Å². The van der Waals surface area contributed by atoms with Gasteiger partial charge in [0.05, 0.1) is 19.7 Å². The number of rotatable bonds is 11. The average Bonchev–Trinajstić information content (AvgIpc) is 3.34. The van der Waals surface area contributed by atoms with Gasteiger partial charge >= 0.3 is 12.2 Å². The summed E-state index contributed by atoms with van der Waals surface area (Å²) in [4.78, 5) is 53.5. The van der Waals surface area contributed by atoms with E-state index in [-0.39, 0.29) is 31.6 Å². The number of nitrogens with one attached hydrogen (secondary N) is 1. The summed E-state index contributed by atoms with van der Waals surface area (Å²) in [5, 5.41) is 2.82. The standard InChI is InChI=1S/C28H34N4O7/c1-30(27(35)38-19-21-7-3-2-4-8-21)14-6-5-9-25(33)29-17-24-18-32(28(36)39-24)23-12-10-22(11-13-23)31-15-16-37-20-26(31)34/h2-4,7-8,10-13,24H,5-6,9,14-20H2,1H3,(H,29,33). The highest BCUT2D eigenvalue weighted by Crippen LogP contribution is 2.25. The third-order valence-corrected chi connectivity index (χ3v) is 6.52. The maximum absolute atomic E-state index is 12.4. The lowest BCUT2D eigenvalue weighted by atomic mass is 10.2. The molecule has 2 aromatic rings. The van der Waals surface area contributed by atoms with Crippen LogP contribution < -0.4 is 15.1 Å². The highest BCUT2D eigenvalue weighted by Gasteiger charge is 2.32. The van der Waals surface area contributed by atoms with Crippen LogP contribution in [0.1, 0.15) is 24.8 Å². The number of anilines is 2. The second-order valence-corrected chi connectivity index (χ2v) is 9.45. The SMILES string of the molecule is CN(CCCCC(=O)NCC1CN(c2ccc(N3CCOCC3=O)cc2)C(=O)O1)C(=O)OCc1ccccc1. The third-order valence-electron chi connectivity index (χ3n) is 6.52. The van der Waals surface area contributed by atoms with Gasteiger partial charge in [0.15, 0.2) is 0 Å². The molecule has 0 saturated carbocycles. The summed E-state index contributed by atoms with van der Waals surface area (Å²) in [5.74, 6) is -0.239. The lowest BCUT2D eigenvalue weighted by molar-refractivity contribution is -0.125. The van der Waals surface area contributed by atoms with Crippen molar-refractivity contribution in [1.82, 2.24) is 10.2 Å². The zero-order valence-electron chi connectivity index (χ0n) is 22.0. The molecule has 11 nitrogen and oxygen atoms in total. The van der Waals surface area contributed by atoms with Crippen LogP contribution in [-0.2, 0) is 30.4 Å². The monoisotopic (exact) mass is 538 g/mol. The second kappa shape index (κ2) is 13.6. The molecular weight excluding hydrogens is 504 g/mol. The maximum Gasteiger partial charge on any atom is 0.414 e. The Kier molecular flexibility index (Phi) is 9.74. The number of carbonyl (C=O) groups excluding carboxylic acids is 4. The maximum atomic E-state index is 12.4. The van der Waals surface area contributed by atoms with E-state index in [2.05, 4.69) is 5.32 Å². The molecule has 11 heteroatoms. The van der Waals surface area contributed by atoms with E-state index in [1.807, 2.05) is 30.3 Å². The lowest BCUT2D eigenvalue weighted by Gasteiger charge is -2.27. The van der Waals surface area contributed by atoms with Crippen LogP contribution >= 0.6 is 0 Å². The number of cyclic esters (lactones) is 1. The fraction of sp³-hybridized carbons (Fsp3) is 0.429. The van der Waals surface area contributed by atoms with Crippen LogP contribution in [0.25, 0.3) is 0 Å². The molecule has 1 unspecified atom stereocenters. The molecule has 0 spiro atoms. The molecule has 0 aromatic heterocycles. The summed E-state index contributed by atoms with van der Waals surface area (Å²) in [6.07, 6.45) is 0.220. The molecule has 0 radical (unpaired) electrons. The minimum absolute atomic E-state index is 0.0640. The number of morpholine rings is 1. The van der Waals surface area contributed by atoms with Crippen LogP contribution in [0.5, 0.6) is 0 Å². The molecule has 4 amide bonds. The summed E-state index contributed by atoms with van der Waals surface area (Å²) >= 11 is 0. The van der Waals surface area contributed by atoms with Crippen LogP contribution in [0.2, 0.25) is 0 Å². The molecule has 1 atom stereocenters. The van der Waals surface area contributed by atoms with E-state index >= 15 is 0 Å². The molecule has 4 rings (SSSR count). The molecule has 39 heavy (non-hydrogen) atoms. The molecule has 1 N–H and O–H groups in total. The normalized spacial score (nSPS) is 17.1. The summed E-state index contributed by atoms with van der Waals surface area (Å²) in [6.45, 7) is 2.27. The van der Waals surface area contributed by atoms with Crippen molar-refractivity contribution in [2.75, 3.05) is 56.2 Å². The van der Waals surface area contributed by atoms with Crippen LogP contribution in [0.3, 0.4) is 0 Å². The minimum atomic E-state index is -0.480. The fourth-order valence-corrected chi connectivity index (χ4v) is 4.31. The van der Waals surface area contributed by atoms with Crippen molar-refractivity contribution in [3.05, 3.63) is 60.2 Å². The summed E-state index contributed by atoms with van der Waals surface area (Å²) < 4.78 is 15.9. The predicted octanol–water partition coefficient (Wildman–Crippen LogP) is 2.93. The Morgan fingerprint density at radius 1 is 1.03 bits per heavy atom. The Morgan fingerprint density at radius 3 is 2.46 bits per heavy atom. The van der Waals surface area contributed by atoms with Gasteiger partial charge in [0.25, 0.3) is 5.91 Å². The van der Waals surface area contributed by atoms with E-state index in [0.717, 1.165) is 11.3 Å². The smallest absolute Gasteiger partial charge is 0.414 e. The number of hydrogen-bond donors (Lipinski definition) is 1. The number of amides is 4. The third kappa shape index (κ3) is 7.93. The first kappa shape index (κ1) is 27.9. The summed E-state index contributed by atoms with van der Waals surface area (Å²) in [5.41, 5.74) is 2.33. The first-order valence-corrected chi connectivity index (χ1v) is 13.1. The molecule has 2 aromatic carbocycles. The minimum Gasteiger partial charge on any atom is -0.445 e. The van der Waals surface area contributed by atoms with E-state index in [0.29, 0.717) is 51.2 Å². The van der Waals surface area contributed by atoms with Gasteiger partial charge in [-0.05, 0) is 42.7 Å². The predicted molar refractivity (Wildman–Crippen MR) is 143 cm³/mol. The van der Waals surface area contributed by atoms with E-state index in [9.17, 15) is 19.2 Å². The Hall–Kier alpha value is -4.12. The number of nitrogens with zero attached hydrogens (tertiary/aromatic N) is 3. The van der Waals surface area contributed by atoms with Crippen molar-refractivity contribution in [3.8, 4) is 0 Å². The van der Waals surface area contributed by atoms with Crippen molar-refractivity contribution in [2.24, 2.45) is 0 Å². The van der Waals surface area contributed by atoms with Crippen LogP contribution in [0.4, 0.5) is 21.0 Å². The summed E-state index contributed by atoms with van der Waals surface area (Å²) in [7, 11) is 1.67. The van der Waals surface area contributed by atoms with Gasteiger partial charge in [0, 0.05) is 37.9 Å². The van der Waals surface area contributed by atoms with Gasteiger partial charge in [-0.2, -0.15) is 0 Å². The van der Waals surface area contributed by atoms with E-state index in [4.69, 9.17) is 14.2 Å². The fourth-order valence-electron chi connectivity index (χ4n) is 4.31. The topological polar surface area (TPSA) is 118 Å². The van der Waals surface area contributed by atoms with Gasteiger partial charge < -0.3 is 29.3 Å². The molecule has 2 aliphatic heterocycles. The van der Waals surface area contributed by atoms with E-state index in [1.165, 1.54) is 9.80 Å². The van der Waals surface area contributed by atoms with Crippen LogP contribution in [-0.4, -0.2) is 81.4 Å². The van der Waals surface area contributed by atoms with Gasteiger partial charge in [-0.15, -0.1) is 0 Å². The molecule has 2 saturated heterocycles. The Bertz CT molecular complexity index is 1140. The second-order valence-electron chi connectivity index (χ2n) is 9.45. The van der Waals surface area contributed by atoms with Crippen molar-refractivity contribution < 1.29 is 33.4 Å². The molecule has 0 aliphatic carbocycles. The van der Waals surface area contributed by atoms with Gasteiger partial charge in [-0.1, -0.05) is 30.3 Å². The Morgan fingerprint density at radius 2 is 1.74 bits per heavy atom. The number of hydrogen-bond acceptors (Lipinski definition) is 7. The number of unbranched alkanes of at least 4 members (excludes halogenated alkanes) is 1. The highest BCUT2D eigenvalue weighted by atomic mass is 16.6. The molecule has 2 aliphatic rings. The molecule has 2 heterocycles. The lowest BCUT2D eigenvalue weighted by Crippen LogP contribution is -2.41. The number of carbonyl (C=O) groups is 4. The zero-order chi connectivity index (χ0) is 27.6. The first-order valence-electron chi connectivity index (χ1n) is 13.1. The highest BCUT2D eigenvalue weighted by molar-refractivity contribution is 5.95. The van der Waals surface area contributed by atoms with Crippen molar-refractivity contribution >= 4 is 35.4 Å². The van der Waals surface area contributed by atoms with Gasteiger partial charge in [-0.3, -0.25) is 14.5 Å². The Balaban J connectivity index is 1.12. The van der Waals surface area contributed by atoms with E-state index < -0.39 is 18.3 Å².